The molecule has 23 heavy (non-hydrogen) atoms. The van der Waals surface area contributed by atoms with Crippen LogP contribution in [-0.2, 0) is 39.4 Å². The Kier molecular flexibility index (Phi) is 13.7. The molecule has 2 atom stereocenters. The first-order chi connectivity index (χ1) is 10.7. The summed E-state index contributed by atoms with van der Waals surface area (Å²) in [7, 11) is 1.61. The molecule has 0 fully saturated rings. The average Bonchev–Trinajstić information content (AvgIpc) is 2.56. The summed E-state index contributed by atoms with van der Waals surface area (Å²) in [4.78, 5) is 10.9. The number of rotatable bonds is 11. The maximum atomic E-state index is 10.9. The van der Waals surface area contributed by atoms with Gasteiger partial charge < -0.3 is 25.0 Å². The Labute approximate surface area is 164 Å². The summed E-state index contributed by atoms with van der Waals surface area (Å²) in [5, 5.41) is 0. The number of para-hydroxylation sites is 1. The van der Waals surface area contributed by atoms with E-state index in [1.165, 1.54) is 0 Å². The van der Waals surface area contributed by atoms with E-state index in [9.17, 15) is 4.79 Å². The van der Waals surface area contributed by atoms with E-state index in [-0.39, 0.29) is 37.1 Å². The number of esters is 1. The predicted octanol–water partition coefficient (Wildman–Crippen LogP) is 2.43. The number of methoxy groups -OCH3 is 1. The van der Waals surface area contributed by atoms with E-state index < -0.39 is 5.97 Å². The first-order valence-corrected chi connectivity index (χ1v) is 8.02. The van der Waals surface area contributed by atoms with Crippen molar-refractivity contribution in [3.8, 4) is 5.75 Å². The zero-order valence-electron chi connectivity index (χ0n) is 12.9. The number of hydrogen-bond donors (Lipinski definition) is 0. The van der Waals surface area contributed by atoms with E-state index in [2.05, 4.69) is 35.2 Å². The van der Waals surface area contributed by atoms with E-state index in [1.54, 1.807) is 7.11 Å². The third kappa shape index (κ3) is 10.8. The standard InChI is InChI=1S/C16H20IO5.Re/c1-3-16(18)22-10-13(17)9-20-15(11-19-2)12-21-14-7-5-4-6-8-14;/h4-8,13,15H,1,9-12H2,2H3;/q-1;. The predicted molar refractivity (Wildman–Crippen MR) is 91.2 cm³/mol. The van der Waals surface area contributed by atoms with Crippen molar-refractivity contribution in [3.05, 3.63) is 43.0 Å². The van der Waals surface area contributed by atoms with Crippen LogP contribution in [0.3, 0.4) is 0 Å². The molecule has 0 amide bonds. The number of hydrogen-bond acceptors (Lipinski definition) is 5. The molecule has 0 saturated heterocycles. The molecule has 1 rings (SSSR count). The van der Waals surface area contributed by atoms with Crippen molar-refractivity contribution in [3.63, 3.8) is 0 Å². The number of benzene rings is 1. The summed E-state index contributed by atoms with van der Waals surface area (Å²) < 4.78 is 21.5. The van der Waals surface area contributed by atoms with Crippen LogP contribution in [0.1, 0.15) is 0 Å². The molecule has 0 N–H and O–H groups in total. The van der Waals surface area contributed by atoms with E-state index >= 15 is 0 Å². The molecule has 0 saturated carbocycles. The minimum Gasteiger partial charge on any atom is -0.491 e. The summed E-state index contributed by atoms with van der Waals surface area (Å²) in [5.74, 6) is 0.233. The fraction of sp³-hybridized carbons (Fsp3) is 0.438. The molecular formula is C16H20IO5Re-. The van der Waals surface area contributed by atoms with Gasteiger partial charge in [-0.1, -0.05) is 40.8 Å². The quantitative estimate of drug-likeness (QED) is 0.128. The number of alkyl halides is 1. The fourth-order valence-electron chi connectivity index (χ4n) is 1.54. The molecule has 5 nitrogen and oxygen atoms in total. The fourth-order valence-corrected chi connectivity index (χ4v) is 1.93. The molecule has 0 bridgehead atoms. The number of ether oxygens (including phenoxy) is 4. The Morgan fingerprint density at radius 3 is 2.52 bits per heavy atom. The molecule has 1 aromatic carbocycles. The summed E-state index contributed by atoms with van der Waals surface area (Å²) in [6.45, 7) is 4.72. The molecule has 1 radical (unpaired) electrons. The Balaban J connectivity index is 0.00000484. The molecule has 129 valence electrons. The molecule has 1 aromatic rings. The second kappa shape index (κ2) is 13.9. The third-order valence-electron chi connectivity index (χ3n) is 2.58. The minimum absolute atomic E-state index is 0. The van der Waals surface area contributed by atoms with Crippen LogP contribution in [-0.4, -0.2) is 49.5 Å². The normalized spacial score (nSPS) is 12.6. The Morgan fingerprint density at radius 1 is 1.22 bits per heavy atom. The Hall–Kier alpha value is -0.458. The van der Waals surface area contributed by atoms with Crippen LogP contribution < -0.4 is 4.74 Å². The molecule has 0 aromatic heterocycles. The maximum Gasteiger partial charge on any atom is 0.147 e. The van der Waals surface area contributed by atoms with Crippen molar-refractivity contribution in [1.82, 2.24) is 0 Å². The zero-order valence-corrected chi connectivity index (χ0v) is 17.7. The van der Waals surface area contributed by atoms with Crippen molar-refractivity contribution < 1.29 is 44.2 Å². The van der Waals surface area contributed by atoms with Crippen LogP contribution in [0.5, 0.6) is 5.75 Å². The summed E-state index contributed by atoms with van der Waals surface area (Å²) in [6.07, 6.45) is 1.96. The van der Waals surface area contributed by atoms with E-state index in [0.717, 1.165) is 5.75 Å². The molecule has 7 heteroatoms. The smallest absolute Gasteiger partial charge is 0.147 e. The molecular weight excluding hydrogens is 585 g/mol. The number of halogens is 1. The van der Waals surface area contributed by atoms with Crippen LogP contribution in [0.25, 0.3) is 0 Å². The Bertz CT molecular complexity index is 443. The van der Waals surface area contributed by atoms with Crippen molar-refractivity contribution in [1.29, 1.82) is 0 Å². The molecule has 0 spiro atoms. The first-order valence-electron chi connectivity index (χ1n) is 6.78. The first kappa shape index (κ1) is 22.5. The monoisotopic (exact) mass is 606 g/mol. The summed E-state index contributed by atoms with van der Waals surface area (Å²) >= 11 is 2.16. The molecule has 2 unspecified atom stereocenters. The van der Waals surface area contributed by atoms with E-state index in [1.807, 2.05) is 30.3 Å². The average molecular weight is 605 g/mol. The van der Waals surface area contributed by atoms with Gasteiger partial charge in [0.25, 0.3) is 0 Å². The zero-order chi connectivity index (χ0) is 16.2. The van der Waals surface area contributed by atoms with Gasteiger partial charge in [0.15, 0.2) is 0 Å². The van der Waals surface area contributed by atoms with Crippen LogP contribution >= 0.6 is 22.6 Å². The minimum atomic E-state index is -0.553. The van der Waals surface area contributed by atoms with Gasteiger partial charge in [0, 0.05) is 27.5 Å². The topological polar surface area (TPSA) is 54.0 Å². The molecule has 0 aliphatic heterocycles. The molecule has 0 heterocycles. The maximum absolute atomic E-state index is 10.9. The number of carbonyl (C=O) groups excluding carboxylic acids is 1. The molecule has 0 aliphatic rings. The van der Waals surface area contributed by atoms with Crippen LogP contribution in [0, 0.1) is 6.08 Å². The van der Waals surface area contributed by atoms with Gasteiger partial charge in [-0.2, -0.15) is 0 Å². The van der Waals surface area contributed by atoms with Gasteiger partial charge in [-0.05, 0) is 12.1 Å². The third-order valence-corrected chi connectivity index (χ3v) is 3.30. The SMILES string of the molecule is C=[C-]C(=O)OCC(I)COC(COC)COc1ccccc1.[Re]. The van der Waals surface area contributed by atoms with Crippen molar-refractivity contribution in [2.75, 3.05) is 33.5 Å². The Morgan fingerprint density at radius 2 is 1.91 bits per heavy atom. The van der Waals surface area contributed by atoms with Crippen molar-refractivity contribution >= 4 is 28.6 Å². The van der Waals surface area contributed by atoms with Gasteiger partial charge in [0.2, 0.25) is 0 Å². The van der Waals surface area contributed by atoms with Gasteiger partial charge in [-0.25, -0.2) is 0 Å². The van der Waals surface area contributed by atoms with Gasteiger partial charge in [0.1, 0.15) is 31.0 Å². The number of carbonyl (C=O) groups is 1. The van der Waals surface area contributed by atoms with Crippen LogP contribution in [0.2, 0.25) is 0 Å². The second-order valence-corrected chi connectivity index (χ2v) is 6.17. The van der Waals surface area contributed by atoms with Gasteiger partial charge in [0.05, 0.1) is 17.1 Å². The summed E-state index contributed by atoms with van der Waals surface area (Å²) in [5.41, 5.74) is 0. The molecule has 0 aliphatic carbocycles. The second-order valence-electron chi connectivity index (χ2n) is 4.41. The van der Waals surface area contributed by atoms with E-state index in [4.69, 9.17) is 18.9 Å². The van der Waals surface area contributed by atoms with Gasteiger partial charge in [-0.15, -0.1) is 0 Å². The van der Waals surface area contributed by atoms with Gasteiger partial charge in [-0.3, -0.25) is 11.4 Å². The van der Waals surface area contributed by atoms with Gasteiger partial charge >= 0.3 is 0 Å². The summed E-state index contributed by atoms with van der Waals surface area (Å²) in [6, 6.07) is 9.52. The van der Waals surface area contributed by atoms with Crippen molar-refractivity contribution in [2.24, 2.45) is 0 Å². The largest absolute Gasteiger partial charge is 0.491 e. The van der Waals surface area contributed by atoms with Crippen molar-refractivity contribution in [2.45, 2.75) is 10.0 Å². The van der Waals surface area contributed by atoms with Crippen LogP contribution in [0.4, 0.5) is 0 Å². The van der Waals surface area contributed by atoms with E-state index in [0.29, 0.717) is 19.8 Å². The van der Waals surface area contributed by atoms with Crippen LogP contribution in [0.15, 0.2) is 36.9 Å².